The third-order valence-corrected chi connectivity index (χ3v) is 2.71. The van der Waals surface area contributed by atoms with Crippen molar-refractivity contribution < 1.29 is 22.3 Å². The molecule has 1 aromatic carbocycles. The Morgan fingerprint density at radius 1 is 1.25 bits per heavy atom. The summed E-state index contributed by atoms with van der Waals surface area (Å²) >= 11 is 0. The van der Waals surface area contributed by atoms with Crippen molar-refractivity contribution in [2.75, 3.05) is 0 Å². The second kappa shape index (κ2) is 6.00. The van der Waals surface area contributed by atoms with Crippen molar-refractivity contribution in [3.05, 3.63) is 54.0 Å². The van der Waals surface area contributed by atoms with Crippen LogP contribution in [-0.2, 0) is 6.54 Å². The van der Waals surface area contributed by atoms with E-state index in [1.165, 1.54) is 18.2 Å². The summed E-state index contributed by atoms with van der Waals surface area (Å²) in [7, 11) is 0. The smallest absolute Gasteiger partial charge is 0.468 e. The summed E-state index contributed by atoms with van der Waals surface area (Å²) in [5.41, 5.74) is 0.699. The summed E-state index contributed by atoms with van der Waals surface area (Å²) in [5.74, 6) is 0.551. The molecule has 3 nitrogen and oxygen atoms in total. The SMILES string of the molecule is C[C@@H](NCc1cccc(OC(F)(F)F)c1)c1ccco1. The summed E-state index contributed by atoms with van der Waals surface area (Å²) in [6, 6.07) is 9.46. The number of alkyl halides is 3. The number of halogens is 3. The first-order valence-electron chi connectivity index (χ1n) is 6.05. The van der Waals surface area contributed by atoms with Gasteiger partial charge in [0.1, 0.15) is 11.5 Å². The van der Waals surface area contributed by atoms with E-state index >= 15 is 0 Å². The monoisotopic (exact) mass is 285 g/mol. The maximum absolute atomic E-state index is 12.1. The highest BCUT2D eigenvalue weighted by Crippen LogP contribution is 2.23. The van der Waals surface area contributed by atoms with Crippen LogP contribution in [0.1, 0.15) is 24.3 Å². The highest BCUT2D eigenvalue weighted by atomic mass is 19.4. The molecule has 1 atom stereocenters. The topological polar surface area (TPSA) is 34.4 Å². The summed E-state index contributed by atoms with van der Waals surface area (Å²) in [4.78, 5) is 0. The molecule has 20 heavy (non-hydrogen) atoms. The van der Waals surface area contributed by atoms with Crippen LogP contribution in [0, 0.1) is 0 Å². The van der Waals surface area contributed by atoms with E-state index in [0.29, 0.717) is 12.1 Å². The maximum Gasteiger partial charge on any atom is 0.573 e. The zero-order valence-electron chi connectivity index (χ0n) is 10.8. The number of rotatable bonds is 5. The molecule has 108 valence electrons. The predicted molar refractivity (Wildman–Crippen MR) is 67.1 cm³/mol. The lowest BCUT2D eigenvalue weighted by molar-refractivity contribution is -0.274. The van der Waals surface area contributed by atoms with Crippen molar-refractivity contribution in [2.24, 2.45) is 0 Å². The largest absolute Gasteiger partial charge is 0.573 e. The Morgan fingerprint density at radius 3 is 2.70 bits per heavy atom. The van der Waals surface area contributed by atoms with Crippen LogP contribution in [0.25, 0.3) is 0 Å². The van der Waals surface area contributed by atoms with Crippen LogP contribution in [0.4, 0.5) is 13.2 Å². The first-order valence-corrected chi connectivity index (χ1v) is 6.05. The van der Waals surface area contributed by atoms with Gasteiger partial charge in [-0.2, -0.15) is 0 Å². The molecule has 0 radical (unpaired) electrons. The van der Waals surface area contributed by atoms with E-state index in [2.05, 4.69) is 10.1 Å². The van der Waals surface area contributed by atoms with Gasteiger partial charge in [0.2, 0.25) is 0 Å². The lowest BCUT2D eigenvalue weighted by atomic mass is 10.2. The minimum Gasteiger partial charge on any atom is -0.468 e. The van der Waals surface area contributed by atoms with Gasteiger partial charge in [-0.1, -0.05) is 12.1 Å². The summed E-state index contributed by atoms with van der Waals surface area (Å²) in [6.45, 7) is 2.33. The molecule has 0 aliphatic heterocycles. The van der Waals surface area contributed by atoms with Crippen molar-refractivity contribution in [2.45, 2.75) is 25.9 Å². The molecule has 2 aromatic rings. The number of benzene rings is 1. The predicted octanol–water partition coefficient (Wildman–Crippen LogP) is 4.03. The molecule has 1 aromatic heterocycles. The maximum atomic E-state index is 12.1. The fraction of sp³-hybridized carbons (Fsp3) is 0.286. The normalized spacial score (nSPS) is 13.2. The average Bonchev–Trinajstić information content (AvgIpc) is 2.88. The summed E-state index contributed by atoms with van der Waals surface area (Å²) in [6.07, 6.45) is -3.10. The van der Waals surface area contributed by atoms with Gasteiger partial charge < -0.3 is 14.5 Å². The second-order valence-corrected chi connectivity index (χ2v) is 4.31. The van der Waals surface area contributed by atoms with Crippen molar-refractivity contribution in [3.63, 3.8) is 0 Å². The molecule has 1 heterocycles. The van der Waals surface area contributed by atoms with E-state index in [0.717, 1.165) is 5.76 Å². The minimum atomic E-state index is -4.67. The van der Waals surface area contributed by atoms with Crippen LogP contribution in [0.3, 0.4) is 0 Å². The van der Waals surface area contributed by atoms with Gasteiger partial charge >= 0.3 is 6.36 Å². The molecule has 2 rings (SSSR count). The third kappa shape index (κ3) is 4.31. The number of hydrogen-bond acceptors (Lipinski definition) is 3. The molecule has 0 bridgehead atoms. The molecule has 0 aliphatic carbocycles. The Kier molecular flexibility index (Phi) is 4.34. The fourth-order valence-corrected chi connectivity index (χ4v) is 1.76. The molecule has 0 saturated carbocycles. The third-order valence-electron chi connectivity index (χ3n) is 2.71. The average molecular weight is 285 g/mol. The molecule has 6 heteroatoms. The fourth-order valence-electron chi connectivity index (χ4n) is 1.76. The van der Waals surface area contributed by atoms with Crippen molar-refractivity contribution in [3.8, 4) is 5.75 Å². The van der Waals surface area contributed by atoms with Gasteiger partial charge in [0.05, 0.1) is 12.3 Å². The highest BCUT2D eigenvalue weighted by Gasteiger charge is 2.31. The Balaban J connectivity index is 1.94. The Labute approximate surface area is 114 Å². The molecular weight excluding hydrogens is 271 g/mol. The van der Waals surface area contributed by atoms with Gasteiger partial charge in [-0.05, 0) is 36.8 Å². The summed E-state index contributed by atoms with van der Waals surface area (Å²) in [5, 5.41) is 3.16. The standard InChI is InChI=1S/C14H14F3NO2/c1-10(13-6-3-7-19-13)18-9-11-4-2-5-12(8-11)20-14(15,16)17/h2-8,10,18H,9H2,1H3/t10-/m1/s1. The van der Waals surface area contributed by atoms with Gasteiger partial charge in [0.25, 0.3) is 0 Å². The molecule has 0 fully saturated rings. The lowest BCUT2D eigenvalue weighted by Gasteiger charge is -2.13. The van der Waals surface area contributed by atoms with E-state index in [-0.39, 0.29) is 11.8 Å². The molecule has 0 unspecified atom stereocenters. The zero-order valence-corrected chi connectivity index (χ0v) is 10.8. The molecule has 0 saturated heterocycles. The zero-order chi connectivity index (χ0) is 14.6. The first kappa shape index (κ1) is 14.5. The number of furan rings is 1. The second-order valence-electron chi connectivity index (χ2n) is 4.31. The Bertz CT molecular complexity index is 538. The van der Waals surface area contributed by atoms with Crippen LogP contribution in [0.15, 0.2) is 47.1 Å². The van der Waals surface area contributed by atoms with Gasteiger partial charge in [0.15, 0.2) is 0 Å². The highest BCUT2D eigenvalue weighted by molar-refractivity contribution is 5.28. The van der Waals surface area contributed by atoms with Gasteiger partial charge in [-0.25, -0.2) is 0 Å². The van der Waals surface area contributed by atoms with E-state index in [1.54, 1.807) is 18.4 Å². The van der Waals surface area contributed by atoms with E-state index in [9.17, 15) is 13.2 Å². The van der Waals surface area contributed by atoms with Crippen molar-refractivity contribution in [1.29, 1.82) is 0 Å². The van der Waals surface area contributed by atoms with Gasteiger partial charge in [-0.3, -0.25) is 0 Å². The molecule has 1 N–H and O–H groups in total. The molecule has 0 amide bonds. The van der Waals surface area contributed by atoms with Crippen LogP contribution in [0.5, 0.6) is 5.75 Å². The number of nitrogens with one attached hydrogen (secondary N) is 1. The van der Waals surface area contributed by atoms with E-state index in [1.807, 2.05) is 13.0 Å². The number of ether oxygens (including phenoxy) is 1. The Hall–Kier alpha value is -1.95. The van der Waals surface area contributed by atoms with Gasteiger partial charge in [-0.15, -0.1) is 13.2 Å². The van der Waals surface area contributed by atoms with Crippen molar-refractivity contribution >= 4 is 0 Å². The van der Waals surface area contributed by atoms with Gasteiger partial charge in [0, 0.05) is 6.54 Å². The quantitative estimate of drug-likeness (QED) is 0.900. The summed E-state index contributed by atoms with van der Waals surface area (Å²) < 4.78 is 45.5. The lowest BCUT2D eigenvalue weighted by Crippen LogP contribution is -2.19. The molecule has 0 aliphatic rings. The molecule has 0 spiro atoms. The van der Waals surface area contributed by atoms with E-state index < -0.39 is 6.36 Å². The molecular formula is C14H14F3NO2. The van der Waals surface area contributed by atoms with Crippen LogP contribution in [0.2, 0.25) is 0 Å². The van der Waals surface area contributed by atoms with Crippen molar-refractivity contribution in [1.82, 2.24) is 5.32 Å². The van der Waals surface area contributed by atoms with Crippen LogP contribution in [-0.4, -0.2) is 6.36 Å². The number of hydrogen-bond donors (Lipinski definition) is 1. The Morgan fingerprint density at radius 2 is 2.05 bits per heavy atom. The van der Waals surface area contributed by atoms with Crippen LogP contribution >= 0.6 is 0 Å². The minimum absolute atomic E-state index is 0.0304. The first-order chi connectivity index (χ1) is 9.44. The van der Waals surface area contributed by atoms with Crippen LogP contribution < -0.4 is 10.1 Å². The van der Waals surface area contributed by atoms with E-state index in [4.69, 9.17) is 4.42 Å².